The fourth-order valence-electron chi connectivity index (χ4n) is 2.09. The highest BCUT2D eigenvalue weighted by Gasteiger charge is 2.53. The summed E-state index contributed by atoms with van der Waals surface area (Å²) in [6.45, 7) is 0. The van der Waals surface area contributed by atoms with E-state index in [-0.39, 0.29) is 4.48 Å². The van der Waals surface area contributed by atoms with Gasteiger partial charge in [-0.2, -0.15) is 0 Å². The maximum atomic E-state index is 11.4. The molecule has 1 rings (SSSR count). The predicted octanol–water partition coefficient (Wildman–Crippen LogP) is -2.33. The Kier molecular flexibility index (Phi) is 4.11. The first-order valence-corrected chi connectivity index (χ1v) is 5.28. The molecule has 5 atom stereocenters. The van der Waals surface area contributed by atoms with Gasteiger partial charge in [-0.05, 0) is 0 Å². The standard InChI is InChI=1S/C10H20NO6/c1-11(2,3)5-6(12)8(10(15)16-4)17-9(14)7(5)13/h5-9,12-14H,1-4H3/q+1. The van der Waals surface area contributed by atoms with Crippen LogP contribution < -0.4 is 0 Å². The van der Waals surface area contributed by atoms with Gasteiger partial charge in [-0.15, -0.1) is 0 Å². The quantitative estimate of drug-likeness (QED) is 0.376. The molecule has 1 heterocycles. The molecular weight excluding hydrogens is 230 g/mol. The van der Waals surface area contributed by atoms with Crippen LogP contribution in [-0.4, -0.2) is 84.7 Å². The molecule has 1 aliphatic rings. The molecule has 3 N–H and O–H groups in total. The molecule has 0 amide bonds. The highest BCUT2D eigenvalue weighted by molar-refractivity contribution is 5.75. The van der Waals surface area contributed by atoms with E-state index in [1.165, 1.54) is 0 Å². The molecule has 7 heteroatoms. The summed E-state index contributed by atoms with van der Waals surface area (Å²) < 4.78 is 9.52. The van der Waals surface area contributed by atoms with Crippen LogP contribution in [-0.2, 0) is 14.3 Å². The summed E-state index contributed by atoms with van der Waals surface area (Å²) in [7, 11) is 6.38. The minimum Gasteiger partial charge on any atom is -0.467 e. The van der Waals surface area contributed by atoms with Crippen LogP contribution in [0.5, 0.6) is 0 Å². The number of carbonyl (C=O) groups excluding carboxylic acids is 1. The Morgan fingerprint density at radius 1 is 1.18 bits per heavy atom. The van der Waals surface area contributed by atoms with Gasteiger partial charge in [-0.25, -0.2) is 4.79 Å². The molecule has 1 fully saturated rings. The summed E-state index contributed by atoms with van der Waals surface area (Å²) in [4.78, 5) is 11.4. The van der Waals surface area contributed by atoms with Crippen LogP contribution in [0.15, 0.2) is 0 Å². The second-order valence-corrected chi connectivity index (χ2v) is 5.06. The van der Waals surface area contributed by atoms with Crippen LogP contribution in [0.1, 0.15) is 0 Å². The van der Waals surface area contributed by atoms with Crippen LogP contribution in [0.3, 0.4) is 0 Å². The molecule has 1 aliphatic heterocycles. The lowest BCUT2D eigenvalue weighted by Crippen LogP contribution is -2.69. The number of aliphatic hydroxyl groups excluding tert-OH is 3. The van der Waals surface area contributed by atoms with Crippen LogP contribution in [0.2, 0.25) is 0 Å². The first-order chi connectivity index (χ1) is 7.70. The van der Waals surface area contributed by atoms with Gasteiger partial charge in [0.25, 0.3) is 0 Å². The van der Waals surface area contributed by atoms with Crippen molar-refractivity contribution in [3.63, 3.8) is 0 Å². The number of methoxy groups -OCH3 is 1. The molecule has 0 aromatic rings. The fraction of sp³-hybridized carbons (Fsp3) is 0.900. The number of quaternary nitrogens is 1. The smallest absolute Gasteiger partial charge is 0.338 e. The molecule has 5 unspecified atom stereocenters. The number of carbonyl (C=O) groups is 1. The van der Waals surface area contributed by atoms with Crippen molar-refractivity contribution in [1.82, 2.24) is 0 Å². The van der Waals surface area contributed by atoms with Crippen LogP contribution in [0.4, 0.5) is 0 Å². The third-order valence-electron chi connectivity index (χ3n) is 2.92. The average molecular weight is 250 g/mol. The number of ether oxygens (including phenoxy) is 2. The lowest BCUT2D eigenvalue weighted by Gasteiger charge is -2.45. The van der Waals surface area contributed by atoms with E-state index in [9.17, 15) is 20.1 Å². The van der Waals surface area contributed by atoms with E-state index in [4.69, 9.17) is 4.74 Å². The molecule has 0 aliphatic carbocycles. The number of hydrogen-bond donors (Lipinski definition) is 3. The zero-order chi connectivity index (χ0) is 13.4. The number of rotatable bonds is 2. The lowest BCUT2D eigenvalue weighted by molar-refractivity contribution is -0.906. The Morgan fingerprint density at radius 3 is 2.12 bits per heavy atom. The first-order valence-electron chi connectivity index (χ1n) is 5.28. The molecule has 7 nitrogen and oxygen atoms in total. The second kappa shape index (κ2) is 4.87. The average Bonchev–Trinajstić information content (AvgIpc) is 2.20. The minimum absolute atomic E-state index is 0.177. The third kappa shape index (κ3) is 2.75. The van der Waals surface area contributed by atoms with Crippen molar-refractivity contribution in [2.24, 2.45) is 0 Å². The normalized spacial score (nSPS) is 38.9. The Hall–Kier alpha value is -0.730. The molecule has 0 bridgehead atoms. The van der Waals surface area contributed by atoms with E-state index in [2.05, 4.69) is 4.74 Å². The number of nitrogens with zero attached hydrogens (tertiary/aromatic N) is 1. The maximum Gasteiger partial charge on any atom is 0.338 e. The zero-order valence-corrected chi connectivity index (χ0v) is 10.4. The van der Waals surface area contributed by atoms with E-state index in [1.807, 2.05) is 0 Å². The second-order valence-electron chi connectivity index (χ2n) is 5.06. The van der Waals surface area contributed by atoms with E-state index in [0.29, 0.717) is 0 Å². The van der Waals surface area contributed by atoms with Gasteiger partial charge in [0.05, 0.1) is 28.3 Å². The summed E-state index contributed by atoms with van der Waals surface area (Å²) >= 11 is 0. The van der Waals surface area contributed by atoms with Gasteiger partial charge in [0.2, 0.25) is 0 Å². The number of aliphatic hydroxyl groups is 3. The van der Waals surface area contributed by atoms with Gasteiger partial charge in [0.15, 0.2) is 18.5 Å². The van der Waals surface area contributed by atoms with Crippen LogP contribution >= 0.6 is 0 Å². The Morgan fingerprint density at radius 2 is 1.71 bits per heavy atom. The first kappa shape index (κ1) is 14.3. The van der Waals surface area contributed by atoms with Crippen LogP contribution in [0.25, 0.3) is 0 Å². The van der Waals surface area contributed by atoms with Crippen molar-refractivity contribution in [3.8, 4) is 0 Å². The van der Waals surface area contributed by atoms with Crippen molar-refractivity contribution in [1.29, 1.82) is 0 Å². The molecule has 1 saturated heterocycles. The molecule has 0 radical (unpaired) electrons. The molecule has 17 heavy (non-hydrogen) atoms. The summed E-state index contributed by atoms with van der Waals surface area (Å²) in [5, 5.41) is 29.4. The molecule has 100 valence electrons. The molecular formula is C10H20NO6+. The summed E-state index contributed by atoms with van der Waals surface area (Å²) in [6.07, 6.45) is -5.34. The third-order valence-corrected chi connectivity index (χ3v) is 2.92. The Bertz CT molecular complexity index is 289. The largest absolute Gasteiger partial charge is 0.467 e. The zero-order valence-electron chi connectivity index (χ0n) is 10.4. The SMILES string of the molecule is COC(=O)C1OC(O)C(O)C([N+](C)(C)C)C1O. The highest BCUT2D eigenvalue weighted by atomic mass is 16.7. The Labute approximate surface area is 99.8 Å². The van der Waals surface area contributed by atoms with Gasteiger partial charge in [0.1, 0.15) is 12.1 Å². The van der Waals surface area contributed by atoms with E-state index >= 15 is 0 Å². The molecule has 0 aromatic carbocycles. The molecule has 0 spiro atoms. The minimum atomic E-state index is -1.52. The van der Waals surface area contributed by atoms with E-state index in [1.54, 1.807) is 21.1 Å². The van der Waals surface area contributed by atoms with Crippen LogP contribution in [0, 0.1) is 0 Å². The molecule has 0 aromatic heterocycles. The van der Waals surface area contributed by atoms with Gasteiger partial charge >= 0.3 is 5.97 Å². The lowest BCUT2D eigenvalue weighted by atomic mass is 9.93. The van der Waals surface area contributed by atoms with Gasteiger partial charge in [-0.1, -0.05) is 0 Å². The van der Waals surface area contributed by atoms with Crippen molar-refractivity contribution >= 4 is 5.97 Å². The van der Waals surface area contributed by atoms with Gasteiger partial charge < -0.3 is 29.3 Å². The predicted molar refractivity (Wildman–Crippen MR) is 56.7 cm³/mol. The van der Waals surface area contributed by atoms with Crippen molar-refractivity contribution in [3.05, 3.63) is 0 Å². The van der Waals surface area contributed by atoms with Crippen molar-refractivity contribution < 1.29 is 34.1 Å². The van der Waals surface area contributed by atoms with Crippen molar-refractivity contribution in [2.75, 3.05) is 28.3 Å². The monoisotopic (exact) mass is 250 g/mol. The van der Waals surface area contributed by atoms with Crippen molar-refractivity contribution in [2.45, 2.75) is 30.6 Å². The summed E-state index contributed by atoms with van der Waals surface area (Å²) in [5.74, 6) is -0.776. The van der Waals surface area contributed by atoms with Gasteiger partial charge in [-0.3, -0.25) is 0 Å². The Balaban J connectivity index is 2.99. The number of likely N-dealkylation sites (N-methyl/N-ethyl adjacent to an activating group) is 1. The number of hydrogen-bond acceptors (Lipinski definition) is 6. The van der Waals surface area contributed by atoms with E-state index in [0.717, 1.165) is 7.11 Å². The summed E-state index contributed by atoms with van der Waals surface area (Å²) in [6, 6.07) is -0.747. The van der Waals surface area contributed by atoms with Gasteiger partial charge in [0, 0.05) is 0 Å². The number of esters is 1. The van der Waals surface area contributed by atoms with E-state index < -0.39 is 36.6 Å². The molecule has 0 saturated carbocycles. The fourth-order valence-corrected chi connectivity index (χ4v) is 2.09. The maximum absolute atomic E-state index is 11.4. The topological polar surface area (TPSA) is 96.2 Å². The highest BCUT2D eigenvalue weighted by Crippen LogP contribution is 2.26. The summed E-state index contributed by atoms with van der Waals surface area (Å²) in [5.41, 5.74) is 0.